The molecule has 2 aromatic heterocycles. The van der Waals surface area contributed by atoms with Crippen molar-refractivity contribution in [2.45, 2.75) is 0 Å². The van der Waals surface area contributed by atoms with Crippen LogP contribution in [0.15, 0.2) is 176 Å². The molecule has 49 heavy (non-hydrogen) atoms. The van der Waals surface area contributed by atoms with E-state index in [0.717, 1.165) is 33.8 Å². The summed E-state index contributed by atoms with van der Waals surface area (Å²) in [6.07, 6.45) is 0. The van der Waals surface area contributed by atoms with Crippen LogP contribution in [0.2, 0.25) is 0 Å². The topological polar surface area (TPSA) is 30.7 Å². The maximum atomic E-state index is 5.13. The van der Waals surface area contributed by atoms with Crippen LogP contribution in [0.3, 0.4) is 0 Å². The molecular weight excluding hydrogens is 595 g/mol. The monoisotopic (exact) mass is 623 g/mol. The van der Waals surface area contributed by atoms with Crippen molar-refractivity contribution in [1.29, 1.82) is 0 Å². The van der Waals surface area contributed by atoms with Gasteiger partial charge in [0.2, 0.25) is 0 Å². The van der Waals surface area contributed by atoms with E-state index >= 15 is 0 Å². The van der Waals surface area contributed by atoms with E-state index in [9.17, 15) is 0 Å². The standard InChI is InChI=1S/C46H29N3/c1-3-14-30(15-4-1)40-29-41(48-46(47-40)31-16-5-2-6-17-31)32-18-13-19-33(28-32)49-42-25-12-11-24-39(42)45-43(49)27-26-38-36-22-8-7-20-34(36)35-21-9-10-23-37(35)44(38)45/h1-29H. The summed E-state index contributed by atoms with van der Waals surface area (Å²) >= 11 is 0. The molecule has 0 radical (unpaired) electrons. The van der Waals surface area contributed by atoms with Gasteiger partial charge in [0, 0.05) is 38.5 Å². The molecule has 3 heteroatoms. The molecule has 0 amide bonds. The lowest BCUT2D eigenvalue weighted by Gasteiger charge is -2.13. The summed E-state index contributed by atoms with van der Waals surface area (Å²) in [5, 5.41) is 10.2. The molecule has 0 saturated carbocycles. The molecule has 0 unspecified atom stereocenters. The molecule has 10 rings (SSSR count). The van der Waals surface area contributed by atoms with Gasteiger partial charge in [-0.2, -0.15) is 0 Å². The first-order chi connectivity index (χ1) is 24.3. The van der Waals surface area contributed by atoms with Crippen LogP contribution in [-0.2, 0) is 0 Å². The van der Waals surface area contributed by atoms with Crippen molar-refractivity contribution in [3.8, 4) is 39.6 Å². The Balaban J connectivity index is 1.24. The van der Waals surface area contributed by atoms with Gasteiger partial charge in [-0.3, -0.25) is 0 Å². The van der Waals surface area contributed by atoms with E-state index in [1.165, 1.54) is 54.1 Å². The third-order valence-electron chi connectivity index (χ3n) is 9.77. The lowest BCUT2D eigenvalue weighted by atomic mass is 9.92. The van der Waals surface area contributed by atoms with Gasteiger partial charge in [0.1, 0.15) is 0 Å². The SMILES string of the molecule is c1ccc(-c2cc(-c3cccc(-n4c5ccccc5c5c6c7ccccc7c7ccccc7c6ccc54)c3)nc(-c3ccccc3)n2)cc1. The van der Waals surface area contributed by atoms with Crippen molar-refractivity contribution >= 4 is 54.1 Å². The highest BCUT2D eigenvalue weighted by Crippen LogP contribution is 2.43. The minimum Gasteiger partial charge on any atom is -0.309 e. The number of fused-ring (bicyclic) bond motifs is 10. The quantitative estimate of drug-likeness (QED) is 0.183. The molecule has 2 heterocycles. The van der Waals surface area contributed by atoms with Crippen molar-refractivity contribution < 1.29 is 0 Å². The Morgan fingerprint density at radius 1 is 0.327 bits per heavy atom. The van der Waals surface area contributed by atoms with E-state index in [-0.39, 0.29) is 0 Å². The molecule has 0 aliphatic carbocycles. The first-order valence-electron chi connectivity index (χ1n) is 16.7. The van der Waals surface area contributed by atoms with Gasteiger partial charge in [0.05, 0.1) is 22.4 Å². The number of aromatic nitrogens is 3. The van der Waals surface area contributed by atoms with Crippen molar-refractivity contribution in [1.82, 2.24) is 14.5 Å². The fourth-order valence-corrected chi connectivity index (χ4v) is 7.60. The molecule has 228 valence electrons. The molecular formula is C46H29N3. The van der Waals surface area contributed by atoms with Crippen LogP contribution < -0.4 is 0 Å². The van der Waals surface area contributed by atoms with E-state index in [4.69, 9.17) is 9.97 Å². The molecule has 0 saturated heterocycles. The van der Waals surface area contributed by atoms with Gasteiger partial charge in [-0.25, -0.2) is 9.97 Å². The van der Waals surface area contributed by atoms with Crippen molar-refractivity contribution in [2.75, 3.05) is 0 Å². The summed E-state index contributed by atoms with van der Waals surface area (Å²) in [6, 6.07) is 62.5. The average molecular weight is 624 g/mol. The van der Waals surface area contributed by atoms with Crippen LogP contribution in [0.25, 0.3) is 93.7 Å². The van der Waals surface area contributed by atoms with Gasteiger partial charge in [-0.15, -0.1) is 0 Å². The van der Waals surface area contributed by atoms with Crippen molar-refractivity contribution in [3.63, 3.8) is 0 Å². The van der Waals surface area contributed by atoms with Gasteiger partial charge in [-0.05, 0) is 57.3 Å². The summed E-state index contributed by atoms with van der Waals surface area (Å²) in [4.78, 5) is 10.1. The second-order valence-electron chi connectivity index (χ2n) is 12.6. The number of hydrogen-bond donors (Lipinski definition) is 0. The molecule has 0 aliphatic rings. The Morgan fingerprint density at radius 3 is 1.57 bits per heavy atom. The largest absolute Gasteiger partial charge is 0.309 e. The summed E-state index contributed by atoms with van der Waals surface area (Å²) in [7, 11) is 0. The third kappa shape index (κ3) is 4.37. The van der Waals surface area contributed by atoms with Crippen LogP contribution in [0, 0.1) is 0 Å². The highest BCUT2D eigenvalue weighted by Gasteiger charge is 2.19. The minimum atomic E-state index is 0.713. The molecule has 0 spiro atoms. The predicted octanol–water partition coefficient (Wildman–Crippen LogP) is 12.0. The number of nitrogens with zero attached hydrogens (tertiary/aromatic N) is 3. The van der Waals surface area contributed by atoms with E-state index in [1.54, 1.807) is 0 Å². The Hall–Kier alpha value is -6.58. The van der Waals surface area contributed by atoms with Gasteiger partial charge < -0.3 is 4.57 Å². The van der Waals surface area contributed by atoms with Gasteiger partial charge in [0.15, 0.2) is 5.82 Å². The van der Waals surface area contributed by atoms with Gasteiger partial charge in [0.25, 0.3) is 0 Å². The molecule has 0 fully saturated rings. The molecule has 8 aromatic carbocycles. The molecule has 3 nitrogen and oxygen atoms in total. The van der Waals surface area contributed by atoms with Crippen LogP contribution in [0.5, 0.6) is 0 Å². The van der Waals surface area contributed by atoms with Crippen LogP contribution >= 0.6 is 0 Å². The summed E-state index contributed by atoms with van der Waals surface area (Å²) < 4.78 is 2.41. The van der Waals surface area contributed by atoms with Gasteiger partial charge in [-0.1, -0.05) is 146 Å². The first kappa shape index (κ1) is 27.5. The van der Waals surface area contributed by atoms with Crippen molar-refractivity contribution in [2.24, 2.45) is 0 Å². The number of hydrogen-bond acceptors (Lipinski definition) is 2. The summed E-state index contributed by atoms with van der Waals surface area (Å²) in [5.41, 5.74) is 8.34. The average Bonchev–Trinajstić information content (AvgIpc) is 3.53. The fraction of sp³-hybridized carbons (Fsp3) is 0. The zero-order chi connectivity index (χ0) is 32.3. The summed E-state index contributed by atoms with van der Waals surface area (Å²) in [5.74, 6) is 0.713. The smallest absolute Gasteiger partial charge is 0.160 e. The Bertz CT molecular complexity index is 2780. The number of rotatable bonds is 4. The van der Waals surface area contributed by atoms with E-state index < -0.39 is 0 Å². The predicted molar refractivity (Wildman–Crippen MR) is 205 cm³/mol. The zero-order valence-corrected chi connectivity index (χ0v) is 26.6. The van der Waals surface area contributed by atoms with Crippen LogP contribution in [0.1, 0.15) is 0 Å². The number of para-hydroxylation sites is 1. The van der Waals surface area contributed by atoms with Crippen LogP contribution in [-0.4, -0.2) is 14.5 Å². The molecule has 0 atom stereocenters. The highest BCUT2D eigenvalue weighted by atomic mass is 15.0. The van der Waals surface area contributed by atoms with Crippen LogP contribution in [0.4, 0.5) is 0 Å². The minimum absolute atomic E-state index is 0.713. The lowest BCUT2D eigenvalue weighted by molar-refractivity contribution is 1.16. The Morgan fingerprint density at radius 2 is 0.857 bits per heavy atom. The fourth-order valence-electron chi connectivity index (χ4n) is 7.60. The highest BCUT2D eigenvalue weighted by molar-refractivity contribution is 6.35. The maximum absolute atomic E-state index is 5.13. The summed E-state index contributed by atoms with van der Waals surface area (Å²) in [6.45, 7) is 0. The molecule has 0 bridgehead atoms. The van der Waals surface area contributed by atoms with Crippen molar-refractivity contribution in [3.05, 3.63) is 176 Å². The van der Waals surface area contributed by atoms with E-state index in [1.807, 2.05) is 24.3 Å². The number of benzene rings is 8. The molecule has 0 aliphatic heterocycles. The first-order valence-corrected chi connectivity index (χ1v) is 16.7. The van der Waals surface area contributed by atoms with E-state index in [0.29, 0.717) is 5.82 Å². The second-order valence-corrected chi connectivity index (χ2v) is 12.6. The zero-order valence-electron chi connectivity index (χ0n) is 26.6. The molecule has 0 N–H and O–H groups in total. The normalized spacial score (nSPS) is 11.7. The Kier molecular flexibility index (Phi) is 6.18. The third-order valence-corrected chi connectivity index (χ3v) is 9.77. The lowest BCUT2D eigenvalue weighted by Crippen LogP contribution is -1.97. The van der Waals surface area contributed by atoms with Gasteiger partial charge >= 0.3 is 0 Å². The maximum Gasteiger partial charge on any atom is 0.160 e. The van der Waals surface area contributed by atoms with E-state index in [2.05, 4.69) is 156 Å². The second kappa shape index (κ2) is 11.0. The Labute approximate surface area is 283 Å². The molecule has 10 aromatic rings.